The summed E-state index contributed by atoms with van der Waals surface area (Å²) in [5.74, 6) is 0.968. The van der Waals surface area contributed by atoms with Gasteiger partial charge in [0.1, 0.15) is 23.0 Å². The fraction of sp³-hybridized carbons (Fsp3) is 0.116. The average Bonchev–Trinajstić information content (AvgIpc) is 3.16. The van der Waals surface area contributed by atoms with Crippen LogP contribution < -0.4 is 32.7 Å². The molecule has 0 bridgehead atoms. The third kappa shape index (κ3) is 5.66. The zero-order chi connectivity index (χ0) is 38.3. The molecule has 8 N–H and O–H groups in total. The molecule has 2 unspecified atom stereocenters. The normalized spacial score (nSPS) is 17.6. The standard InChI is InChI=1S/C43H37ClN10S/c1-22-16-33(45)31-18-25(12-14-37(31)49-22)29-20-27-8-4-6-10-35(27)51-41(29)53-39(44)24(3)40(47)54(43(53,48)55)42-30(21-28-9-5-7-11-36(28)52-42)26-13-15-38-32(19-26)34(46)17-23(2)50-38/h4-21,40,55H,47-48H2,1-3H3,(H2,45,49)(H2,46,50). The number of nitrogens with zero attached hydrogens (tertiary/aromatic N) is 6. The molecule has 4 aromatic heterocycles. The second kappa shape index (κ2) is 12.8. The predicted octanol–water partition coefficient (Wildman–Crippen LogP) is 8.58. The Labute approximate surface area is 327 Å². The smallest absolute Gasteiger partial charge is 0.223 e. The van der Waals surface area contributed by atoms with Gasteiger partial charge in [-0.25, -0.2) is 9.97 Å². The third-order valence-corrected chi connectivity index (χ3v) is 11.2. The second-order valence-corrected chi connectivity index (χ2v) is 15.1. The van der Waals surface area contributed by atoms with E-state index in [4.69, 9.17) is 67.1 Å². The summed E-state index contributed by atoms with van der Waals surface area (Å²) in [6.45, 7) is 5.73. The highest BCUT2D eigenvalue weighted by molar-refractivity contribution is 7.82. The summed E-state index contributed by atoms with van der Waals surface area (Å²) in [5.41, 5.74) is 37.6. The molecule has 12 heteroatoms. The Hall–Kier alpha value is -5.98. The van der Waals surface area contributed by atoms with E-state index >= 15 is 0 Å². The van der Waals surface area contributed by atoms with Gasteiger partial charge in [-0.3, -0.25) is 25.5 Å². The van der Waals surface area contributed by atoms with Gasteiger partial charge in [-0.2, -0.15) is 0 Å². The van der Waals surface area contributed by atoms with E-state index in [1.54, 1.807) is 9.80 Å². The molecule has 0 radical (unpaired) electrons. The zero-order valence-electron chi connectivity index (χ0n) is 30.3. The van der Waals surface area contributed by atoms with Crippen molar-refractivity contribution < 1.29 is 0 Å². The molecule has 5 heterocycles. The van der Waals surface area contributed by atoms with E-state index in [-0.39, 0.29) is 0 Å². The maximum atomic E-state index is 7.50. The van der Waals surface area contributed by atoms with Crippen LogP contribution in [0.4, 0.5) is 23.0 Å². The lowest BCUT2D eigenvalue weighted by molar-refractivity contribution is 0.484. The molecular formula is C43H37ClN10S. The van der Waals surface area contributed by atoms with E-state index in [0.29, 0.717) is 33.7 Å². The maximum Gasteiger partial charge on any atom is 0.223 e. The molecule has 4 aromatic carbocycles. The lowest BCUT2D eigenvalue weighted by Gasteiger charge is -2.52. The SMILES string of the molecule is CC1=C(Cl)N(c2nc3ccccc3cc2-c2ccc3nc(C)cc(N)c3c2)C(N)(S)N(c2nc3ccccc3cc2-c2ccc3nc(C)cc(N)c3c2)C1N. The number of anilines is 4. The summed E-state index contributed by atoms with van der Waals surface area (Å²) >= 11 is 12.6. The number of hydrogen-bond donors (Lipinski definition) is 5. The number of halogens is 1. The minimum atomic E-state index is -1.71. The van der Waals surface area contributed by atoms with Crippen LogP contribution in [-0.2, 0) is 0 Å². The maximum absolute atomic E-state index is 7.50. The van der Waals surface area contributed by atoms with Gasteiger partial charge in [0.2, 0.25) is 5.12 Å². The van der Waals surface area contributed by atoms with Gasteiger partial charge < -0.3 is 17.2 Å². The van der Waals surface area contributed by atoms with Crippen LogP contribution in [0.5, 0.6) is 0 Å². The first-order valence-electron chi connectivity index (χ1n) is 17.8. The summed E-state index contributed by atoms with van der Waals surface area (Å²) in [7, 11) is 0. The monoisotopic (exact) mass is 760 g/mol. The highest BCUT2D eigenvalue weighted by Gasteiger charge is 2.49. The lowest BCUT2D eigenvalue weighted by atomic mass is 9.99. The molecule has 0 aliphatic carbocycles. The molecular weight excluding hydrogens is 724 g/mol. The Balaban J connectivity index is 1.29. The van der Waals surface area contributed by atoms with Gasteiger partial charge in [0, 0.05) is 55.4 Å². The first kappa shape index (κ1) is 34.8. The number of nitrogens with two attached hydrogens (primary N) is 4. The number of rotatable bonds is 4. The zero-order valence-corrected chi connectivity index (χ0v) is 31.9. The summed E-state index contributed by atoms with van der Waals surface area (Å²) in [4.78, 5) is 23.4. The highest BCUT2D eigenvalue weighted by atomic mass is 35.5. The molecule has 9 rings (SSSR count). The lowest BCUT2D eigenvalue weighted by Crippen LogP contribution is -2.71. The number of pyridine rings is 4. The van der Waals surface area contributed by atoms with Gasteiger partial charge in [-0.05, 0) is 98.1 Å². The molecule has 8 aromatic rings. The molecule has 272 valence electrons. The van der Waals surface area contributed by atoms with Crippen molar-refractivity contribution in [3.8, 4) is 22.3 Å². The molecule has 0 saturated carbocycles. The fourth-order valence-corrected chi connectivity index (χ4v) is 8.38. The first-order chi connectivity index (χ1) is 26.4. The van der Waals surface area contributed by atoms with Crippen molar-refractivity contribution in [3.05, 3.63) is 131 Å². The second-order valence-electron chi connectivity index (χ2n) is 14.1. The van der Waals surface area contributed by atoms with Gasteiger partial charge in [0.15, 0.2) is 0 Å². The van der Waals surface area contributed by atoms with E-state index in [9.17, 15) is 0 Å². The fourth-order valence-electron chi connectivity index (χ4n) is 7.59. The highest BCUT2D eigenvalue weighted by Crippen LogP contribution is 2.48. The van der Waals surface area contributed by atoms with Crippen LogP contribution >= 0.6 is 24.2 Å². The van der Waals surface area contributed by atoms with Crippen molar-refractivity contribution in [1.29, 1.82) is 0 Å². The molecule has 0 saturated heterocycles. The Bertz CT molecular complexity index is 2930. The minimum absolute atomic E-state index is 0.296. The van der Waals surface area contributed by atoms with Gasteiger partial charge in [-0.1, -0.05) is 60.1 Å². The minimum Gasteiger partial charge on any atom is -0.398 e. The molecule has 0 amide bonds. The van der Waals surface area contributed by atoms with Gasteiger partial charge in [0.25, 0.3) is 0 Å². The molecule has 55 heavy (non-hydrogen) atoms. The Morgan fingerprint density at radius 3 is 1.62 bits per heavy atom. The van der Waals surface area contributed by atoms with Gasteiger partial charge in [-0.15, -0.1) is 12.6 Å². The van der Waals surface area contributed by atoms with Gasteiger partial charge in [0.05, 0.1) is 22.1 Å². The van der Waals surface area contributed by atoms with Crippen molar-refractivity contribution in [2.45, 2.75) is 32.1 Å². The first-order valence-corrected chi connectivity index (χ1v) is 18.6. The van der Waals surface area contributed by atoms with Crippen molar-refractivity contribution in [1.82, 2.24) is 19.9 Å². The molecule has 1 aliphatic heterocycles. The van der Waals surface area contributed by atoms with Crippen LogP contribution in [0.15, 0.2) is 120 Å². The van der Waals surface area contributed by atoms with Gasteiger partial charge >= 0.3 is 0 Å². The number of para-hydroxylation sites is 2. The van der Waals surface area contributed by atoms with Crippen LogP contribution in [0.2, 0.25) is 0 Å². The van der Waals surface area contributed by atoms with E-state index in [1.807, 2.05) is 118 Å². The van der Waals surface area contributed by atoms with Crippen molar-refractivity contribution in [2.24, 2.45) is 11.5 Å². The Kier molecular flexibility index (Phi) is 8.10. The quantitative estimate of drug-likeness (QED) is 0.0667. The topological polar surface area (TPSA) is 162 Å². The van der Waals surface area contributed by atoms with Crippen LogP contribution in [0.3, 0.4) is 0 Å². The van der Waals surface area contributed by atoms with Crippen molar-refractivity contribution >= 4 is 90.9 Å². The molecule has 2 atom stereocenters. The third-order valence-electron chi connectivity index (χ3n) is 10.3. The summed E-state index contributed by atoms with van der Waals surface area (Å²) in [6, 6.07) is 35.7. The summed E-state index contributed by atoms with van der Waals surface area (Å²) in [5, 5.41) is 2.09. The Morgan fingerprint density at radius 2 is 1.09 bits per heavy atom. The molecule has 0 spiro atoms. The molecule has 10 nitrogen and oxygen atoms in total. The van der Waals surface area contributed by atoms with E-state index in [1.165, 1.54) is 0 Å². The number of benzene rings is 4. The van der Waals surface area contributed by atoms with Crippen LogP contribution in [0, 0.1) is 13.8 Å². The number of aromatic nitrogens is 4. The number of thiol groups is 1. The average molecular weight is 761 g/mol. The number of nitrogen functional groups attached to an aromatic ring is 2. The molecule has 0 fully saturated rings. The van der Waals surface area contributed by atoms with E-state index in [0.717, 1.165) is 77.3 Å². The number of aryl methyl sites for hydroxylation is 2. The number of fused-ring (bicyclic) bond motifs is 4. The van der Waals surface area contributed by atoms with Crippen LogP contribution in [-0.4, -0.2) is 31.2 Å². The number of hydrogen-bond acceptors (Lipinski definition) is 11. The van der Waals surface area contributed by atoms with E-state index < -0.39 is 11.3 Å². The summed E-state index contributed by atoms with van der Waals surface area (Å²) in [6.07, 6.45) is -0.827. The van der Waals surface area contributed by atoms with E-state index in [2.05, 4.69) is 12.1 Å². The van der Waals surface area contributed by atoms with Crippen LogP contribution in [0.25, 0.3) is 65.9 Å². The largest absolute Gasteiger partial charge is 0.398 e. The molecule has 1 aliphatic rings. The van der Waals surface area contributed by atoms with Crippen LogP contribution in [0.1, 0.15) is 18.3 Å². The predicted molar refractivity (Wildman–Crippen MR) is 231 cm³/mol. The van der Waals surface area contributed by atoms with Crippen molar-refractivity contribution in [3.63, 3.8) is 0 Å². The van der Waals surface area contributed by atoms with Crippen molar-refractivity contribution in [2.75, 3.05) is 21.3 Å². The summed E-state index contributed by atoms with van der Waals surface area (Å²) < 4.78 is 0. The Morgan fingerprint density at radius 1 is 0.618 bits per heavy atom.